The van der Waals surface area contributed by atoms with Gasteiger partial charge in [-0.3, -0.25) is 14.6 Å². The first-order valence-corrected chi connectivity index (χ1v) is 11.1. The van der Waals surface area contributed by atoms with Crippen molar-refractivity contribution in [2.45, 2.75) is 37.6 Å². The van der Waals surface area contributed by atoms with Crippen LogP contribution in [-0.2, 0) is 4.79 Å². The number of rotatable bonds is 3. The number of hydrogen-bond acceptors (Lipinski definition) is 4. The molecule has 2 atom stereocenters. The summed E-state index contributed by atoms with van der Waals surface area (Å²) in [6.45, 7) is 1.92. The number of likely N-dealkylation sites (tertiary alicyclic amines) is 2. The van der Waals surface area contributed by atoms with E-state index < -0.39 is 6.04 Å². The quantitative estimate of drug-likeness (QED) is 0.678. The van der Waals surface area contributed by atoms with Gasteiger partial charge in [0.15, 0.2) is 0 Å². The zero-order valence-electron chi connectivity index (χ0n) is 17.1. The van der Waals surface area contributed by atoms with Crippen molar-refractivity contribution in [3.8, 4) is 0 Å². The van der Waals surface area contributed by atoms with Crippen LogP contribution in [0.4, 0.5) is 0 Å². The number of aromatic amines is 1. The molecule has 0 saturated carbocycles. The number of imidazole rings is 1. The van der Waals surface area contributed by atoms with Crippen molar-refractivity contribution in [1.82, 2.24) is 24.8 Å². The molecule has 2 saturated heterocycles. The lowest BCUT2D eigenvalue weighted by Gasteiger charge is -2.35. The van der Waals surface area contributed by atoms with Gasteiger partial charge in [0, 0.05) is 42.3 Å². The van der Waals surface area contributed by atoms with E-state index in [1.165, 1.54) is 0 Å². The lowest BCUT2D eigenvalue weighted by molar-refractivity contribution is -0.136. The Balaban J connectivity index is 1.32. The number of nitrogens with zero attached hydrogens (tertiary/aromatic N) is 4. The van der Waals surface area contributed by atoms with Gasteiger partial charge in [0.05, 0.1) is 17.2 Å². The number of carbonyl (C=O) groups is 2. The van der Waals surface area contributed by atoms with E-state index in [2.05, 4.69) is 9.97 Å². The second-order valence-corrected chi connectivity index (χ2v) is 8.74. The Morgan fingerprint density at radius 1 is 1.13 bits per heavy atom. The molecule has 7 nitrogen and oxygen atoms in total. The minimum Gasteiger partial charge on any atom is -0.340 e. The number of H-pyrrole nitrogens is 1. The third kappa shape index (κ3) is 3.90. The lowest BCUT2D eigenvalue weighted by atomic mass is 9.96. The van der Waals surface area contributed by atoms with Crippen LogP contribution in [0, 0.1) is 0 Å². The molecule has 0 radical (unpaired) electrons. The number of amides is 2. The Labute approximate surface area is 185 Å². The van der Waals surface area contributed by atoms with Crippen LogP contribution in [0.25, 0.3) is 11.0 Å². The van der Waals surface area contributed by atoms with Crippen LogP contribution in [0.3, 0.4) is 0 Å². The second kappa shape index (κ2) is 8.30. The largest absolute Gasteiger partial charge is 0.340 e. The highest BCUT2D eigenvalue weighted by molar-refractivity contribution is 6.31. The first-order chi connectivity index (χ1) is 15.1. The number of hydrogen-bond donors (Lipinski definition) is 1. The Morgan fingerprint density at radius 2 is 2.00 bits per heavy atom. The average Bonchev–Trinajstić information content (AvgIpc) is 3.45. The predicted molar refractivity (Wildman–Crippen MR) is 118 cm³/mol. The van der Waals surface area contributed by atoms with E-state index in [1.54, 1.807) is 41.6 Å². The fraction of sp³-hybridized carbons (Fsp3) is 0.391. The van der Waals surface area contributed by atoms with E-state index >= 15 is 0 Å². The Kier molecular flexibility index (Phi) is 5.36. The first kappa shape index (κ1) is 20.0. The highest BCUT2D eigenvalue weighted by Gasteiger charge is 2.38. The number of nitrogens with one attached hydrogen (secondary N) is 1. The van der Waals surface area contributed by atoms with Gasteiger partial charge < -0.3 is 14.8 Å². The van der Waals surface area contributed by atoms with Crippen molar-refractivity contribution in [2.24, 2.45) is 0 Å². The molecule has 2 aromatic heterocycles. The fourth-order valence-corrected chi connectivity index (χ4v) is 4.93. The Bertz CT molecular complexity index is 1100. The zero-order valence-corrected chi connectivity index (χ0v) is 17.9. The van der Waals surface area contributed by atoms with Gasteiger partial charge in [-0.25, -0.2) is 4.98 Å². The molecule has 0 spiro atoms. The van der Waals surface area contributed by atoms with Gasteiger partial charge >= 0.3 is 0 Å². The monoisotopic (exact) mass is 437 g/mol. The predicted octanol–water partition coefficient (Wildman–Crippen LogP) is 3.62. The molecule has 1 aromatic carbocycles. The molecule has 1 unspecified atom stereocenters. The van der Waals surface area contributed by atoms with Gasteiger partial charge in [-0.15, -0.1) is 0 Å². The maximum Gasteiger partial charge on any atom is 0.254 e. The van der Waals surface area contributed by atoms with Crippen molar-refractivity contribution >= 4 is 34.4 Å². The van der Waals surface area contributed by atoms with Crippen LogP contribution in [-0.4, -0.2) is 62.2 Å². The highest BCUT2D eigenvalue weighted by atomic mass is 35.5. The zero-order chi connectivity index (χ0) is 21.4. The molecule has 0 aliphatic carbocycles. The van der Waals surface area contributed by atoms with Crippen LogP contribution in [0.5, 0.6) is 0 Å². The van der Waals surface area contributed by atoms with Crippen LogP contribution in [0.1, 0.15) is 47.8 Å². The number of benzene rings is 1. The van der Waals surface area contributed by atoms with Gasteiger partial charge in [-0.1, -0.05) is 17.7 Å². The molecule has 5 rings (SSSR count). The smallest absolute Gasteiger partial charge is 0.254 e. The summed E-state index contributed by atoms with van der Waals surface area (Å²) in [4.78, 5) is 42.3. The van der Waals surface area contributed by atoms with E-state index in [9.17, 15) is 9.59 Å². The maximum absolute atomic E-state index is 13.4. The molecule has 31 heavy (non-hydrogen) atoms. The summed E-state index contributed by atoms with van der Waals surface area (Å²) < 4.78 is 0. The van der Waals surface area contributed by atoms with E-state index in [4.69, 9.17) is 16.6 Å². The molecule has 3 aromatic rings. The minimum atomic E-state index is -0.412. The van der Waals surface area contributed by atoms with Crippen molar-refractivity contribution in [1.29, 1.82) is 0 Å². The number of aromatic nitrogens is 3. The molecule has 4 heterocycles. The van der Waals surface area contributed by atoms with Gasteiger partial charge in [0.1, 0.15) is 11.9 Å². The topological polar surface area (TPSA) is 82.2 Å². The molecule has 2 fully saturated rings. The molecule has 8 heteroatoms. The van der Waals surface area contributed by atoms with Crippen LogP contribution in [0.2, 0.25) is 5.02 Å². The third-order valence-corrected chi connectivity index (χ3v) is 6.53. The Morgan fingerprint density at radius 3 is 2.84 bits per heavy atom. The summed E-state index contributed by atoms with van der Waals surface area (Å²) in [6, 6.07) is 8.40. The summed E-state index contributed by atoms with van der Waals surface area (Å²) in [5.41, 5.74) is 2.33. The number of pyridine rings is 1. The summed E-state index contributed by atoms with van der Waals surface area (Å²) in [7, 11) is 0. The van der Waals surface area contributed by atoms with Crippen molar-refractivity contribution in [3.63, 3.8) is 0 Å². The SMILES string of the molecule is O=C([C@H]1CCCN1C(=O)c1cccc(Cl)c1)N1CCCC(c2nc3ccncc3[nH]2)C1. The summed E-state index contributed by atoms with van der Waals surface area (Å²) in [6.07, 6.45) is 6.93. The Hall–Kier alpha value is -2.93. The maximum atomic E-state index is 13.4. The van der Waals surface area contributed by atoms with Crippen LogP contribution < -0.4 is 0 Å². The molecule has 2 aliphatic heterocycles. The van der Waals surface area contributed by atoms with Gasteiger partial charge in [0.25, 0.3) is 5.91 Å². The normalized spacial score (nSPS) is 21.6. The molecule has 160 valence electrons. The highest BCUT2D eigenvalue weighted by Crippen LogP contribution is 2.29. The van der Waals surface area contributed by atoms with Crippen molar-refractivity contribution in [3.05, 3.63) is 59.1 Å². The molecule has 1 N–H and O–H groups in total. The molecular formula is C23H24ClN5O2. The van der Waals surface area contributed by atoms with Crippen molar-refractivity contribution in [2.75, 3.05) is 19.6 Å². The van der Waals surface area contributed by atoms with E-state index in [1.807, 2.05) is 11.0 Å². The minimum absolute atomic E-state index is 0.0374. The first-order valence-electron chi connectivity index (χ1n) is 10.7. The van der Waals surface area contributed by atoms with Gasteiger partial charge in [-0.05, 0) is 49.9 Å². The van der Waals surface area contributed by atoms with Gasteiger partial charge in [-0.2, -0.15) is 0 Å². The van der Waals surface area contributed by atoms with Crippen LogP contribution >= 0.6 is 11.6 Å². The molecule has 2 aliphatic rings. The standard InChI is InChI=1S/C23H24ClN5O2/c24-17-6-1-4-15(12-17)22(30)29-11-3-7-20(29)23(31)28-10-2-5-16(14-28)21-26-18-8-9-25-13-19(18)27-21/h1,4,6,8-9,12-13,16,20H,2-3,5,7,10-11,14H2,(H,26,27)/t16?,20-/m1/s1. The molecular weight excluding hydrogens is 414 g/mol. The van der Waals surface area contributed by atoms with Crippen LogP contribution in [0.15, 0.2) is 42.7 Å². The van der Waals surface area contributed by atoms with E-state index in [0.29, 0.717) is 36.6 Å². The van der Waals surface area contributed by atoms with Gasteiger partial charge in [0.2, 0.25) is 5.91 Å². The summed E-state index contributed by atoms with van der Waals surface area (Å²) >= 11 is 6.06. The number of carbonyl (C=O) groups excluding carboxylic acids is 2. The number of halogens is 1. The van der Waals surface area contributed by atoms with E-state index in [-0.39, 0.29) is 17.7 Å². The molecule has 2 amide bonds. The fourth-order valence-electron chi connectivity index (χ4n) is 4.74. The lowest BCUT2D eigenvalue weighted by Crippen LogP contribution is -2.50. The number of fused-ring (bicyclic) bond motifs is 1. The molecule has 0 bridgehead atoms. The second-order valence-electron chi connectivity index (χ2n) is 8.31. The summed E-state index contributed by atoms with van der Waals surface area (Å²) in [5, 5.41) is 0.521. The third-order valence-electron chi connectivity index (χ3n) is 6.29. The summed E-state index contributed by atoms with van der Waals surface area (Å²) in [5.74, 6) is 0.967. The number of piperidine rings is 1. The van der Waals surface area contributed by atoms with Crippen molar-refractivity contribution < 1.29 is 9.59 Å². The average molecular weight is 438 g/mol. The van der Waals surface area contributed by atoms with E-state index in [0.717, 1.165) is 36.1 Å².